The summed E-state index contributed by atoms with van der Waals surface area (Å²) in [5.41, 5.74) is 1.16. The van der Waals surface area contributed by atoms with Gasteiger partial charge in [-0.15, -0.1) is 0 Å². The average Bonchev–Trinajstić information content (AvgIpc) is 2.90. The lowest BCUT2D eigenvalue weighted by Crippen LogP contribution is -2.33. The fourth-order valence-corrected chi connectivity index (χ4v) is 2.92. The van der Waals surface area contributed by atoms with Crippen LogP contribution in [0.4, 0.5) is 9.18 Å². The first-order valence-corrected chi connectivity index (χ1v) is 8.35. The maximum Gasteiger partial charge on any atom is 0.410 e. The van der Waals surface area contributed by atoms with Crippen molar-refractivity contribution in [3.8, 4) is 5.75 Å². The monoisotopic (exact) mass is 337 g/mol. The molecule has 6 heteroatoms. The van der Waals surface area contributed by atoms with E-state index in [0.717, 1.165) is 24.0 Å². The van der Waals surface area contributed by atoms with Gasteiger partial charge in [-0.2, -0.15) is 0 Å². The molecule has 0 aromatic heterocycles. The van der Waals surface area contributed by atoms with E-state index in [0.29, 0.717) is 26.3 Å². The van der Waals surface area contributed by atoms with Gasteiger partial charge >= 0.3 is 6.09 Å². The third-order valence-corrected chi connectivity index (χ3v) is 4.09. The van der Waals surface area contributed by atoms with Gasteiger partial charge in [-0.3, -0.25) is 4.90 Å². The Morgan fingerprint density at radius 1 is 1.21 bits per heavy atom. The number of hydrogen-bond donors (Lipinski definition) is 0. The van der Waals surface area contributed by atoms with Crippen LogP contribution in [0.25, 0.3) is 0 Å². The number of rotatable bonds is 2. The summed E-state index contributed by atoms with van der Waals surface area (Å²) in [6.45, 7) is 7.54. The molecule has 0 atom stereocenters. The third kappa shape index (κ3) is 3.98. The molecular formula is C18H24FNO4. The highest BCUT2D eigenvalue weighted by Gasteiger charge is 2.29. The Kier molecular flexibility index (Phi) is 4.67. The molecule has 24 heavy (non-hydrogen) atoms. The van der Waals surface area contributed by atoms with Gasteiger partial charge in [0, 0.05) is 25.9 Å². The molecule has 2 aliphatic rings. The summed E-state index contributed by atoms with van der Waals surface area (Å²) in [6.07, 6.45) is 1.13. The number of hydrogen-bond acceptors (Lipinski definition) is 4. The van der Waals surface area contributed by atoms with E-state index in [9.17, 15) is 9.18 Å². The standard InChI is InChI=1S/C18H24FNO4/c1-18(2,3)24-17(21)20-10-12-8-15(19)16(9-13(12)11-20)23-14-4-6-22-7-5-14/h8-9,14H,4-7,10-11H2,1-3H3. The van der Waals surface area contributed by atoms with Crippen molar-refractivity contribution in [2.75, 3.05) is 13.2 Å². The van der Waals surface area contributed by atoms with Gasteiger partial charge in [0.2, 0.25) is 0 Å². The number of benzene rings is 1. The van der Waals surface area contributed by atoms with Crippen LogP contribution < -0.4 is 4.74 Å². The second-order valence-electron chi connectivity index (χ2n) is 7.32. The maximum absolute atomic E-state index is 14.3. The smallest absolute Gasteiger partial charge is 0.410 e. The average molecular weight is 337 g/mol. The normalized spacial score (nSPS) is 18.4. The number of nitrogens with zero attached hydrogens (tertiary/aromatic N) is 1. The molecule has 2 heterocycles. The van der Waals surface area contributed by atoms with Gasteiger partial charge in [0.15, 0.2) is 11.6 Å². The predicted octanol–water partition coefficient (Wildman–Crippen LogP) is 3.63. The molecule has 1 aromatic carbocycles. The molecule has 0 spiro atoms. The number of carbonyl (C=O) groups excluding carboxylic acids is 1. The van der Waals surface area contributed by atoms with Crippen molar-refractivity contribution in [2.45, 2.75) is 58.4 Å². The maximum atomic E-state index is 14.3. The van der Waals surface area contributed by atoms with Gasteiger partial charge in [0.05, 0.1) is 13.2 Å². The highest BCUT2D eigenvalue weighted by atomic mass is 19.1. The van der Waals surface area contributed by atoms with Gasteiger partial charge in [-0.1, -0.05) is 0 Å². The van der Waals surface area contributed by atoms with E-state index in [1.807, 2.05) is 20.8 Å². The Labute approximate surface area is 141 Å². The van der Waals surface area contributed by atoms with Gasteiger partial charge in [-0.05, 0) is 44.0 Å². The Morgan fingerprint density at radius 3 is 2.46 bits per heavy atom. The lowest BCUT2D eigenvalue weighted by atomic mass is 10.1. The van der Waals surface area contributed by atoms with Crippen molar-refractivity contribution < 1.29 is 23.4 Å². The number of ether oxygens (including phenoxy) is 3. The molecule has 0 saturated carbocycles. The summed E-state index contributed by atoms with van der Waals surface area (Å²) in [4.78, 5) is 13.8. The van der Waals surface area contributed by atoms with Gasteiger partial charge in [-0.25, -0.2) is 9.18 Å². The van der Waals surface area contributed by atoms with Crippen molar-refractivity contribution in [3.05, 3.63) is 29.1 Å². The second kappa shape index (κ2) is 6.59. The lowest BCUT2D eigenvalue weighted by molar-refractivity contribution is 0.0232. The van der Waals surface area contributed by atoms with E-state index in [1.54, 1.807) is 11.0 Å². The highest BCUT2D eigenvalue weighted by Crippen LogP contribution is 2.31. The van der Waals surface area contributed by atoms with Crippen LogP contribution in [0.1, 0.15) is 44.7 Å². The molecule has 0 bridgehead atoms. The fourth-order valence-electron chi connectivity index (χ4n) is 2.92. The second-order valence-corrected chi connectivity index (χ2v) is 7.32. The number of halogens is 1. The third-order valence-electron chi connectivity index (χ3n) is 4.09. The van der Waals surface area contributed by atoms with Crippen molar-refractivity contribution in [1.29, 1.82) is 0 Å². The van der Waals surface area contributed by atoms with Crippen LogP contribution in [-0.2, 0) is 22.6 Å². The summed E-state index contributed by atoms with van der Waals surface area (Å²) in [5.74, 6) is -0.127. The summed E-state index contributed by atoms with van der Waals surface area (Å²) in [6, 6.07) is 3.18. The minimum Gasteiger partial charge on any atom is -0.487 e. The quantitative estimate of drug-likeness (QED) is 0.827. The SMILES string of the molecule is CC(C)(C)OC(=O)N1Cc2cc(F)c(OC3CCOCC3)cc2C1. The zero-order chi connectivity index (χ0) is 17.3. The minimum atomic E-state index is -0.547. The zero-order valence-corrected chi connectivity index (χ0v) is 14.4. The Balaban J connectivity index is 1.69. The molecule has 1 saturated heterocycles. The van der Waals surface area contributed by atoms with Gasteiger partial charge < -0.3 is 14.2 Å². The topological polar surface area (TPSA) is 48.0 Å². The van der Waals surface area contributed by atoms with Gasteiger partial charge in [0.25, 0.3) is 0 Å². The van der Waals surface area contributed by atoms with E-state index in [-0.39, 0.29) is 23.8 Å². The number of fused-ring (bicyclic) bond motifs is 1. The fraction of sp³-hybridized carbons (Fsp3) is 0.611. The van der Waals surface area contributed by atoms with Crippen molar-refractivity contribution in [1.82, 2.24) is 4.90 Å². The van der Waals surface area contributed by atoms with Crippen LogP contribution in [0.15, 0.2) is 12.1 Å². The molecule has 1 amide bonds. The van der Waals surface area contributed by atoms with Crippen molar-refractivity contribution >= 4 is 6.09 Å². The number of carbonyl (C=O) groups is 1. The first-order chi connectivity index (χ1) is 11.3. The largest absolute Gasteiger partial charge is 0.487 e. The van der Waals surface area contributed by atoms with E-state index in [1.165, 1.54) is 6.07 Å². The summed E-state index contributed by atoms with van der Waals surface area (Å²) in [7, 11) is 0. The van der Waals surface area contributed by atoms with Crippen LogP contribution in [0, 0.1) is 5.82 Å². The molecule has 0 unspecified atom stereocenters. The van der Waals surface area contributed by atoms with E-state index < -0.39 is 5.60 Å². The first-order valence-electron chi connectivity index (χ1n) is 8.35. The van der Waals surface area contributed by atoms with Crippen LogP contribution in [0.5, 0.6) is 5.75 Å². The molecule has 0 N–H and O–H groups in total. The Bertz CT molecular complexity index is 620. The number of amides is 1. The minimum absolute atomic E-state index is 0.0188. The molecule has 1 fully saturated rings. The first kappa shape index (κ1) is 17.0. The lowest BCUT2D eigenvalue weighted by Gasteiger charge is -2.24. The van der Waals surface area contributed by atoms with Crippen LogP contribution in [-0.4, -0.2) is 35.9 Å². The highest BCUT2D eigenvalue weighted by molar-refractivity contribution is 5.69. The zero-order valence-electron chi connectivity index (χ0n) is 14.4. The van der Waals surface area contributed by atoms with Crippen molar-refractivity contribution in [2.24, 2.45) is 0 Å². The molecule has 1 aromatic rings. The predicted molar refractivity (Wildman–Crippen MR) is 86.4 cm³/mol. The van der Waals surface area contributed by atoms with E-state index >= 15 is 0 Å². The van der Waals surface area contributed by atoms with E-state index in [2.05, 4.69) is 0 Å². The molecule has 3 rings (SSSR count). The summed E-state index contributed by atoms with van der Waals surface area (Å²) >= 11 is 0. The molecular weight excluding hydrogens is 313 g/mol. The Morgan fingerprint density at radius 2 is 1.83 bits per heavy atom. The van der Waals surface area contributed by atoms with Gasteiger partial charge in [0.1, 0.15) is 11.7 Å². The summed E-state index contributed by atoms with van der Waals surface area (Å²) in [5, 5.41) is 0. The van der Waals surface area contributed by atoms with Crippen LogP contribution in [0.2, 0.25) is 0 Å². The molecule has 132 valence electrons. The molecule has 5 nitrogen and oxygen atoms in total. The molecule has 0 aliphatic carbocycles. The molecule has 0 radical (unpaired) electrons. The van der Waals surface area contributed by atoms with Crippen LogP contribution >= 0.6 is 0 Å². The van der Waals surface area contributed by atoms with Crippen molar-refractivity contribution in [3.63, 3.8) is 0 Å². The van der Waals surface area contributed by atoms with Crippen LogP contribution in [0.3, 0.4) is 0 Å². The molecule has 2 aliphatic heterocycles. The van der Waals surface area contributed by atoms with E-state index in [4.69, 9.17) is 14.2 Å². The Hall–Kier alpha value is -1.82. The summed E-state index contributed by atoms with van der Waals surface area (Å²) < 4.78 is 30.8.